The van der Waals surface area contributed by atoms with Gasteiger partial charge in [-0.1, -0.05) is 47.1 Å². The van der Waals surface area contributed by atoms with Crippen molar-refractivity contribution in [2.75, 3.05) is 5.32 Å². The van der Waals surface area contributed by atoms with Gasteiger partial charge in [0.2, 0.25) is 5.91 Å². The summed E-state index contributed by atoms with van der Waals surface area (Å²) in [4.78, 5) is 12.4. The Balaban J connectivity index is 1.61. The Bertz CT molecular complexity index is 1030. The number of rotatable bonds is 7. The lowest BCUT2D eigenvalue weighted by Gasteiger charge is -2.13. The Morgan fingerprint density at radius 2 is 2.00 bits per heavy atom. The number of benzene rings is 2. The van der Waals surface area contributed by atoms with E-state index in [9.17, 15) is 9.18 Å². The predicted octanol–water partition coefficient (Wildman–Crippen LogP) is 4.96. The van der Waals surface area contributed by atoms with Crippen LogP contribution in [0.4, 0.5) is 10.1 Å². The van der Waals surface area contributed by atoms with Gasteiger partial charge in [0.25, 0.3) is 0 Å². The van der Waals surface area contributed by atoms with Gasteiger partial charge in [-0.25, -0.2) is 4.39 Å². The molecule has 0 radical (unpaired) electrons. The number of carbonyl (C=O) groups excluding carboxylic acids is 1. The molecule has 1 amide bonds. The number of halogens is 3. The van der Waals surface area contributed by atoms with Crippen molar-refractivity contribution in [3.8, 4) is 5.75 Å². The third kappa shape index (κ3) is 5.41. The van der Waals surface area contributed by atoms with Crippen LogP contribution in [0.1, 0.15) is 12.7 Å². The zero-order valence-electron chi connectivity index (χ0n) is 15.5. The highest BCUT2D eigenvalue weighted by Gasteiger charge is 2.20. The lowest BCUT2D eigenvalue weighted by molar-refractivity contribution is -0.115. The summed E-state index contributed by atoms with van der Waals surface area (Å²) in [5.41, 5.74) is 0.345. The normalized spacial score (nSPS) is 11.9. The first-order valence-electron chi connectivity index (χ1n) is 8.53. The van der Waals surface area contributed by atoms with E-state index in [0.29, 0.717) is 27.4 Å². The molecule has 0 saturated carbocycles. The van der Waals surface area contributed by atoms with E-state index < -0.39 is 11.1 Å². The molecule has 0 unspecified atom stereocenters. The summed E-state index contributed by atoms with van der Waals surface area (Å²) >= 11 is 13.3. The summed E-state index contributed by atoms with van der Waals surface area (Å²) in [5.74, 6) is 0.373. The number of anilines is 1. The van der Waals surface area contributed by atoms with Crippen LogP contribution in [-0.2, 0) is 18.4 Å². The highest BCUT2D eigenvalue weighted by atomic mass is 35.5. The molecule has 1 atom stereocenters. The number of hydrogen-bond donors (Lipinski definition) is 1. The second kappa shape index (κ2) is 9.47. The fourth-order valence-corrected chi connectivity index (χ4v) is 3.55. The molecule has 152 valence electrons. The van der Waals surface area contributed by atoms with Gasteiger partial charge < -0.3 is 14.6 Å². The smallest absolute Gasteiger partial charge is 0.237 e. The van der Waals surface area contributed by atoms with Crippen molar-refractivity contribution in [3.63, 3.8) is 0 Å². The maximum atomic E-state index is 13.1. The van der Waals surface area contributed by atoms with Crippen molar-refractivity contribution < 1.29 is 13.9 Å². The fourth-order valence-electron chi connectivity index (χ4n) is 2.31. The molecule has 0 aliphatic carbocycles. The van der Waals surface area contributed by atoms with Crippen LogP contribution in [0.25, 0.3) is 0 Å². The van der Waals surface area contributed by atoms with Crippen molar-refractivity contribution in [2.24, 2.45) is 7.05 Å². The van der Waals surface area contributed by atoms with Gasteiger partial charge >= 0.3 is 0 Å². The molecule has 29 heavy (non-hydrogen) atoms. The summed E-state index contributed by atoms with van der Waals surface area (Å²) in [5, 5.41) is 11.6. The van der Waals surface area contributed by atoms with E-state index in [-0.39, 0.29) is 17.5 Å². The first-order chi connectivity index (χ1) is 13.8. The minimum atomic E-state index is -0.489. The third-order valence-electron chi connectivity index (χ3n) is 3.96. The van der Waals surface area contributed by atoms with Crippen LogP contribution in [0.2, 0.25) is 10.0 Å². The number of ether oxygens (including phenoxy) is 1. The molecule has 0 aliphatic rings. The molecule has 6 nitrogen and oxygen atoms in total. The highest BCUT2D eigenvalue weighted by molar-refractivity contribution is 8.00. The van der Waals surface area contributed by atoms with Crippen LogP contribution in [0.5, 0.6) is 5.75 Å². The monoisotopic (exact) mass is 454 g/mol. The molecule has 3 rings (SSSR count). The molecule has 0 spiro atoms. The van der Waals surface area contributed by atoms with Crippen LogP contribution in [0.15, 0.2) is 47.6 Å². The number of para-hydroxylation sites is 1. The summed E-state index contributed by atoms with van der Waals surface area (Å²) < 4.78 is 20.6. The second-order valence-corrected chi connectivity index (χ2v) is 8.17. The maximum absolute atomic E-state index is 13.1. The number of thioether (sulfide) groups is 1. The molecule has 1 aromatic heterocycles. The second-order valence-electron chi connectivity index (χ2n) is 6.05. The molecule has 0 bridgehead atoms. The zero-order valence-corrected chi connectivity index (χ0v) is 17.9. The van der Waals surface area contributed by atoms with Gasteiger partial charge in [-0.2, -0.15) is 0 Å². The van der Waals surface area contributed by atoms with Gasteiger partial charge in [-0.15, -0.1) is 10.2 Å². The average molecular weight is 455 g/mol. The average Bonchev–Trinajstić information content (AvgIpc) is 3.03. The number of carbonyl (C=O) groups is 1. The maximum Gasteiger partial charge on any atom is 0.237 e. The lowest BCUT2D eigenvalue weighted by atomic mass is 10.3. The van der Waals surface area contributed by atoms with Crippen molar-refractivity contribution in [1.82, 2.24) is 14.8 Å². The Labute approximate surface area is 181 Å². The molecule has 0 aliphatic heterocycles. The minimum Gasteiger partial charge on any atom is -0.484 e. The molecule has 2 aromatic carbocycles. The molecule has 1 N–H and O–H groups in total. The molecule has 3 aromatic rings. The SMILES string of the molecule is C[C@H](Sc1nnc(COc2ccccc2Cl)n1C)C(=O)Nc1ccc(F)cc1Cl. The van der Waals surface area contributed by atoms with Crippen LogP contribution in [0.3, 0.4) is 0 Å². The van der Waals surface area contributed by atoms with Gasteiger partial charge in [0.1, 0.15) is 18.2 Å². The van der Waals surface area contributed by atoms with Crippen molar-refractivity contribution in [1.29, 1.82) is 0 Å². The summed E-state index contributed by atoms with van der Waals surface area (Å²) in [7, 11) is 1.79. The first kappa shape index (κ1) is 21.4. The Kier molecular flexibility index (Phi) is 7.00. The van der Waals surface area contributed by atoms with Crippen LogP contribution in [0, 0.1) is 5.82 Å². The number of amides is 1. The van der Waals surface area contributed by atoms with E-state index in [1.165, 1.54) is 23.9 Å². The standard InChI is InChI=1S/C19H17Cl2FN4O2S/c1-11(18(27)23-15-8-7-12(22)9-14(15)21)29-19-25-24-17(26(19)2)10-28-16-6-4-3-5-13(16)20/h3-9,11H,10H2,1-2H3,(H,23,27)/t11-/m0/s1. The Morgan fingerprint density at radius 3 is 2.72 bits per heavy atom. The topological polar surface area (TPSA) is 69.0 Å². The molecule has 0 saturated heterocycles. The van der Waals surface area contributed by atoms with Gasteiger partial charge in [0, 0.05) is 7.05 Å². The lowest BCUT2D eigenvalue weighted by Crippen LogP contribution is -2.23. The van der Waals surface area contributed by atoms with Crippen molar-refractivity contribution in [2.45, 2.75) is 23.9 Å². The Hall–Kier alpha value is -2.29. The van der Waals surface area contributed by atoms with E-state index in [1.54, 1.807) is 30.7 Å². The van der Waals surface area contributed by atoms with Crippen LogP contribution < -0.4 is 10.1 Å². The van der Waals surface area contributed by atoms with E-state index >= 15 is 0 Å². The predicted molar refractivity (Wildman–Crippen MR) is 112 cm³/mol. The van der Waals surface area contributed by atoms with E-state index in [1.807, 2.05) is 12.1 Å². The number of nitrogens with zero attached hydrogens (tertiary/aromatic N) is 3. The molecular formula is C19H17Cl2FN4O2S. The van der Waals surface area contributed by atoms with Crippen molar-refractivity contribution >= 4 is 46.6 Å². The van der Waals surface area contributed by atoms with Gasteiger partial charge in [0.05, 0.1) is 21.0 Å². The third-order valence-corrected chi connectivity index (χ3v) is 5.72. The van der Waals surface area contributed by atoms with E-state index in [2.05, 4.69) is 15.5 Å². The number of hydrogen-bond acceptors (Lipinski definition) is 5. The molecule has 1 heterocycles. The van der Waals surface area contributed by atoms with Crippen molar-refractivity contribution in [3.05, 3.63) is 64.2 Å². The van der Waals surface area contributed by atoms with Gasteiger partial charge in [0.15, 0.2) is 11.0 Å². The van der Waals surface area contributed by atoms with Crippen LogP contribution >= 0.6 is 35.0 Å². The minimum absolute atomic E-state index is 0.133. The number of aromatic nitrogens is 3. The van der Waals surface area contributed by atoms with E-state index in [4.69, 9.17) is 27.9 Å². The fraction of sp³-hybridized carbons (Fsp3) is 0.211. The summed E-state index contributed by atoms with van der Waals surface area (Å²) in [6.07, 6.45) is 0. The first-order valence-corrected chi connectivity index (χ1v) is 10.2. The largest absolute Gasteiger partial charge is 0.484 e. The number of nitrogens with one attached hydrogen (secondary N) is 1. The van der Waals surface area contributed by atoms with Crippen LogP contribution in [-0.4, -0.2) is 25.9 Å². The summed E-state index contributed by atoms with van der Waals surface area (Å²) in [6.45, 7) is 1.91. The molecular weight excluding hydrogens is 438 g/mol. The highest BCUT2D eigenvalue weighted by Crippen LogP contribution is 2.27. The molecule has 0 fully saturated rings. The van der Waals surface area contributed by atoms with E-state index in [0.717, 1.165) is 6.07 Å². The zero-order chi connectivity index (χ0) is 21.0. The molecule has 10 heteroatoms. The van der Waals surface area contributed by atoms with Gasteiger partial charge in [-0.05, 0) is 37.3 Å². The quantitative estimate of drug-likeness (QED) is 0.510. The Morgan fingerprint density at radius 1 is 1.24 bits per heavy atom. The van der Waals surface area contributed by atoms with Gasteiger partial charge in [-0.3, -0.25) is 4.79 Å². The summed E-state index contributed by atoms with van der Waals surface area (Å²) in [6, 6.07) is 10.9.